The monoisotopic (exact) mass is 253 g/mol. The van der Waals surface area contributed by atoms with Crippen LogP contribution in [0, 0.1) is 11.3 Å². The number of benzene rings is 1. The molecule has 1 unspecified atom stereocenters. The molecule has 0 bridgehead atoms. The fraction of sp³-hybridized carbons (Fsp3) is 0.333. The van der Waals surface area contributed by atoms with Crippen LogP contribution in [0.3, 0.4) is 0 Å². The van der Waals surface area contributed by atoms with Crippen molar-refractivity contribution in [2.24, 2.45) is 0 Å². The molecular formula is C15H15N3O. The lowest BCUT2D eigenvalue weighted by molar-refractivity contribution is 0.424. The summed E-state index contributed by atoms with van der Waals surface area (Å²) in [5, 5.41) is 16.5. The number of hydrogen-bond donors (Lipinski definition) is 1. The van der Waals surface area contributed by atoms with Gasteiger partial charge in [0.05, 0.1) is 17.3 Å². The summed E-state index contributed by atoms with van der Waals surface area (Å²) < 4.78 is 5.35. The lowest BCUT2D eigenvalue weighted by Gasteiger charge is -2.23. The van der Waals surface area contributed by atoms with Gasteiger partial charge in [0.15, 0.2) is 0 Å². The van der Waals surface area contributed by atoms with Gasteiger partial charge >= 0.3 is 0 Å². The van der Waals surface area contributed by atoms with Gasteiger partial charge in [0.1, 0.15) is 0 Å². The third-order valence-corrected chi connectivity index (χ3v) is 3.74. The van der Waals surface area contributed by atoms with Crippen LogP contribution in [0.5, 0.6) is 0 Å². The summed E-state index contributed by atoms with van der Waals surface area (Å²) in [7, 11) is 1.84. The number of nitrogens with one attached hydrogen (secondary N) is 1. The third-order valence-electron chi connectivity index (χ3n) is 3.74. The molecule has 1 aliphatic rings. The minimum Gasteiger partial charge on any atom is -0.357 e. The van der Waals surface area contributed by atoms with Gasteiger partial charge in [-0.3, -0.25) is 0 Å². The molecular weight excluding hydrogens is 238 g/mol. The molecule has 0 amide bonds. The minimum atomic E-state index is 0.202. The Hall–Kier alpha value is -2.28. The smallest absolute Gasteiger partial charge is 0.228 e. The Labute approximate surface area is 112 Å². The molecule has 0 saturated heterocycles. The Bertz CT molecular complexity index is 626. The molecule has 0 aliphatic heterocycles. The van der Waals surface area contributed by atoms with Crippen LogP contribution in [-0.4, -0.2) is 12.2 Å². The maximum absolute atomic E-state index is 9.27. The van der Waals surface area contributed by atoms with Crippen molar-refractivity contribution in [1.82, 2.24) is 5.16 Å². The molecule has 19 heavy (non-hydrogen) atoms. The van der Waals surface area contributed by atoms with E-state index in [2.05, 4.69) is 16.5 Å². The fourth-order valence-electron chi connectivity index (χ4n) is 2.88. The van der Waals surface area contributed by atoms with Gasteiger partial charge in [-0.2, -0.15) is 5.26 Å². The average molecular weight is 253 g/mol. The molecule has 1 aromatic heterocycles. The number of nitriles is 1. The number of anilines is 1. The first kappa shape index (κ1) is 11.8. The minimum absolute atomic E-state index is 0.202. The zero-order chi connectivity index (χ0) is 13.2. The number of aromatic nitrogens is 1. The summed E-state index contributed by atoms with van der Waals surface area (Å²) in [5.74, 6) is 0.931. The van der Waals surface area contributed by atoms with E-state index in [-0.39, 0.29) is 5.92 Å². The highest BCUT2D eigenvalue weighted by atomic mass is 16.5. The first-order valence-electron chi connectivity index (χ1n) is 6.50. The SMILES string of the molecule is CNc1onc2c1C(c1ccccc1C#N)CCC2. The zero-order valence-corrected chi connectivity index (χ0v) is 10.8. The van der Waals surface area contributed by atoms with Crippen LogP contribution in [0.4, 0.5) is 5.88 Å². The van der Waals surface area contributed by atoms with Crippen LogP contribution in [-0.2, 0) is 6.42 Å². The largest absolute Gasteiger partial charge is 0.357 e. The van der Waals surface area contributed by atoms with E-state index >= 15 is 0 Å². The summed E-state index contributed by atoms with van der Waals surface area (Å²) in [5.41, 5.74) is 3.96. The van der Waals surface area contributed by atoms with Crippen molar-refractivity contribution >= 4 is 5.88 Å². The molecule has 0 saturated carbocycles. The van der Waals surface area contributed by atoms with E-state index in [1.54, 1.807) is 0 Å². The van der Waals surface area contributed by atoms with Gasteiger partial charge in [-0.25, -0.2) is 0 Å². The van der Waals surface area contributed by atoms with Gasteiger partial charge in [-0.05, 0) is 30.9 Å². The van der Waals surface area contributed by atoms with Crippen molar-refractivity contribution in [2.45, 2.75) is 25.2 Å². The van der Waals surface area contributed by atoms with Crippen molar-refractivity contribution in [1.29, 1.82) is 5.26 Å². The molecule has 0 radical (unpaired) electrons. The van der Waals surface area contributed by atoms with Gasteiger partial charge in [-0.1, -0.05) is 23.4 Å². The summed E-state index contributed by atoms with van der Waals surface area (Å²) in [6.07, 6.45) is 3.06. The van der Waals surface area contributed by atoms with Crippen LogP contribution in [0.2, 0.25) is 0 Å². The van der Waals surface area contributed by atoms with Gasteiger partial charge < -0.3 is 9.84 Å². The molecule has 0 spiro atoms. The first-order chi connectivity index (χ1) is 9.35. The Morgan fingerprint density at radius 3 is 3.05 bits per heavy atom. The lowest BCUT2D eigenvalue weighted by atomic mass is 9.80. The van der Waals surface area contributed by atoms with Crippen molar-refractivity contribution in [3.63, 3.8) is 0 Å². The summed E-state index contributed by atoms with van der Waals surface area (Å²) >= 11 is 0. The van der Waals surface area contributed by atoms with E-state index in [1.165, 1.54) is 0 Å². The molecule has 1 atom stereocenters. The van der Waals surface area contributed by atoms with Gasteiger partial charge in [0.25, 0.3) is 0 Å². The van der Waals surface area contributed by atoms with Crippen LogP contribution in [0.25, 0.3) is 0 Å². The van der Waals surface area contributed by atoms with E-state index in [0.29, 0.717) is 0 Å². The standard InChI is InChI=1S/C15H15N3O/c1-17-15-14-12(7-4-8-13(14)18-19-15)11-6-3-2-5-10(11)9-16/h2-3,5-6,12,17H,4,7-8H2,1H3. The van der Waals surface area contributed by atoms with Crippen molar-refractivity contribution in [3.8, 4) is 6.07 Å². The number of aryl methyl sites for hydroxylation is 1. The maximum atomic E-state index is 9.27. The second-order valence-electron chi connectivity index (χ2n) is 4.77. The molecule has 4 heteroatoms. The second kappa shape index (κ2) is 4.77. The molecule has 96 valence electrons. The predicted octanol–water partition coefficient (Wildman–Crippen LogP) is 3.06. The second-order valence-corrected chi connectivity index (χ2v) is 4.77. The normalized spacial score (nSPS) is 17.6. The Balaban J connectivity index is 2.13. The highest BCUT2D eigenvalue weighted by molar-refractivity contribution is 5.53. The van der Waals surface area contributed by atoms with Crippen molar-refractivity contribution in [2.75, 3.05) is 12.4 Å². The van der Waals surface area contributed by atoms with Gasteiger partial charge in [0, 0.05) is 18.5 Å². The number of nitrogens with zero attached hydrogens (tertiary/aromatic N) is 2. The first-order valence-corrected chi connectivity index (χ1v) is 6.50. The lowest BCUT2D eigenvalue weighted by Crippen LogP contribution is -2.12. The highest BCUT2D eigenvalue weighted by Gasteiger charge is 2.30. The number of hydrogen-bond acceptors (Lipinski definition) is 4. The summed E-state index contributed by atoms with van der Waals surface area (Å²) in [6.45, 7) is 0. The Morgan fingerprint density at radius 1 is 1.42 bits per heavy atom. The topological polar surface area (TPSA) is 61.9 Å². The average Bonchev–Trinajstić information content (AvgIpc) is 2.90. The molecule has 1 heterocycles. The fourth-order valence-corrected chi connectivity index (χ4v) is 2.88. The molecule has 0 fully saturated rings. The quantitative estimate of drug-likeness (QED) is 0.893. The van der Waals surface area contributed by atoms with Crippen LogP contribution >= 0.6 is 0 Å². The van der Waals surface area contributed by atoms with Crippen LogP contribution in [0.15, 0.2) is 28.8 Å². The molecule has 3 rings (SSSR count). The summed E-state index contributed by atoms with van der Waals surface area (Å²) in [6, 6.07) is 10.1. The number of rotatable bonds is 2. The van der Waals surface area contributed by atoms with Crippen LogP contribution in [0.1, 0.15) is 41.1 Å². The van der Waals surface area contributed by atoms with Crippen molar-refractivity contribution in [3.05, 3.63) is 46.6 Å². The van der Waals surface area contributed by atoms with Crippen LogP contribution < -0.4 is 5.32 Å². The molecule has 1 N–H and O–H groups in total. The zero-order valence-electron chi connectivity index (χ0n) is 10.8. The van der Waals surface area contributed by atoms with Gasteiger partial charge in [0.2, 0.25) is 5.88 Å². The van der Waals surface area contributed by atoms with Gasteiger partial charge in [-0.15, -0.1) is 0 Å². The van der Waals surface area contributed by atoms with E-state index in [1.807, 2.05) is 31.3 Å². The predicted molar refractivity (Wildman–Crippen MR) is 72.0 cm³/mol. The Morgan fingerprint density at radius 2 is 2.26 bits per heavy atom. The van der Waals surface area contributed by atoms with E-state index in [4.69, 9.17) is 4.52 Å². The summed E-state index contributed by atoms with van der Waals surface area (Å²) in [4.78, 5) is 0. The van der Waals surface area contributed by atoms with E-state index in [9.17, 15) is 5.26 Å². The Kier molecular flexibility index (Phi) is 2.96. The molecule has 2 aromatic rings. The number of fused-ring (bicyclic) bond motifs is 1. The highest BCUT2D eigenvalue weighted by Crippen LogP contribution is 2.41. The molecule has 1 aliphatic carbocycles. The van der Waals surface area contributed by atoms with Crippen molar-refractivity contribution < 1.29 is 4.52 Å². The third kappa shape index (κ3) is 1.88. The van der Waals surface area contributed by atoms with E-state index in [0.717, 1.165) is 47.5 Å². The molecule has 1 aromatic carbocycles. The van der Waals surface area contributed by atoms with E-state index < -0.39 is 0 Å². The maximum Gasteiger partial charge on any atom is 0.228 e. The molecule has 4 nitrogen and oxygen atoms in total.